The number of ether oxygens (including phenoxy) is 1. The maximum Gasteiger partial charge on any atom is 0.422 e. The normalized spacial score (nSPS) is 26.7. The van der Waals surface area contributed by atoms with Crippen molar-refractivity contribution in [3.05, 3.63) is 53.2 Å². The molecule has 1 aliphatic heterocycles. The zero-order valence-corrected chi connectivity index (χ0v) is 19.9. The minimum absolute atomic E-state index is 0.0151. The Morgan fingerprint density at radius 3 is 2.63 bits per heavy atom. The molecule has 0 radical (unpaired) electrons. The van der Waals surface area contributed by atoms with Gasteiger partial charge in [0.05, 0.1) is 17.9 Å². The molecule has 1 aliphatic carbocycles. The van der Waals surface area contributed by atoms with Gasteiger partial charge in [0, 0.05) is 17.7 Å². The van der Waals surface area contributed by atoms with Crippen LogP contribution in [0.5, 0.6) is 5.88 Å². The number of benzene rings is 1. The summed E-state index contributed by atoms with van der Waals surface area (Å²) in [5.74, 6) is -2.51. The third-order valence-corrected chi connectivity index (χ3v) is 9.83. The van der Waals surface area contributed by atoms with Crippen LogP contribution in [0.15, 0.2) is 35.6 Å². The molecule has 0 bridgehead atoms. The first kappa shape index (κ1) is 25.4. The third kappa shape index (κ3) is 4.85. The third-order valence-electron chi connectivity index (χ3n) is 5.87. The van der Waals surface area contributed by atoms with Crippen LogP contribution in [-0.2, 0) is 15.4 Å². The molecule has 2 aromatic rings. The van der Waals surface area contributed by atoms with Gasteiger partial charge in [-0.2, -0.15) is 13.2 Å². The molecule has 1 saturated carbocycles. The van der Waals surface area contributed by atoms with Gasteiger partial charge >= 0.3 is 6.18 Å². The minimum atomic E-state index is -4.56. The van der Waals surface area contributed by atoms with Gasteiger partial charge in [0.1, 0.15) is 15.6 Å². The molecule has 0 unspecified atom stereocenters. The van der Waals surface area contributed by atoms with Crippen LogP contribution in [0.3, 0.4) is 0 Å². The molecule has 2 heterocycles. The quantitative estimate of drug-likeness (QED) is 0.557. The summed E-state index contributed by atoms with van der Waals surface area (Å²) in [5.41, 5.74) is 4.62. The molecule has 1 aromatic heterocycles. The summed E-state index contributed by atoms with van der Waals surface area (Å²) in [4.78, 5) is 11.7. The van der Waals surface area contributed by atoms with E-state index in [1.54, 1.807) is 6.92 Å². The van der Waals surface area contributed by atoms with Gasteiger partial charge in [-0.1, -0.05) is 17.8 Å². The summed E-state index contributed by atoms with van der Waals surface area (Å²) < 4.78 is 94.4. The lowest BCUT2D eigenvalue weighted by molar-refractivity contribution is -0.154. The Kier molecular flexibility index (Phi) is 6.11. The number of thioether (sulfide) groups is 1. The van der Waals surface area contributed by atoms with Crippen molar-refractivity contribution in [2.75, 3.05) is 12.9 Å². The van der Waals surface area contributed by atoms with E-state index in [0.717, 1.165) is 42.6 Å². The lowest BCUT2D eigenvalue weighted by Gasteiger charge is -2.33. The van der Waals surface area contributed by atoms with Crippen LogP contribution in [0.2, 0.25) is 0 Å². The van der Waals surface area contributed by atoms with Crippen molar-refractivity contribution in [1.82, 2.24) is 9.97 Å². The summed E-state index contributed by atoms with van der Waals surface area (Å²) in [7, 11) is -3.54. The number of sulfone groups is 1. The fraction of sp³-hybridized carbons (Fsp3) is 0.381. The monoisotopic (exact) mass is 534 g/mol. The number of halogens is 5. The SMILES string of the molecule is C[C@]1(c2cc(/C=C(\F)c3cnc(OCC(F)(F)F)cn3)ccc2F)N=C(N)S[C@@]2(S(C)(=O)=O)C[C@H]21. The van der Waals surface area contributed by atoms with Crippen molar-refractivity contribution in [3.63, 3.8) is 0 Å². The predicted molar refractivity (Wildman–Crippen MR) is 121 cm³/mol. The van der Waals surface area contributed by atoms with E-state index in [-0.39, 0.29) is 28.4 Å². The highest BCUT2D eigenvalue weighted by molar-refractivity contribution is 8.24. The fourth-order valence-electron chi connectivity index (χ4n) is 4.12. The van der Waals surface area contributed by atoms with Crippen LogP contribution >= 0.6 is 11.8 Å². The number of aromatic nitrogens is 2. The van der Waals surface area contributed by atoms with Crippen molar-refractivity contribution in [1.29, 1.82) is 0 Å². The van der Waals surface area contributed by atoms with Gasteiger partial charge in [0.15, 0.2) is 27.4 Å². The molecule has 0 spiro atoms. The Labute approximate surface area is 201 Å². The second kappa shape index (κ2) is 8.43. The number of hydrogen-bond donors (Lipinski definition) is 1. The molecule has 7 nitrogen and oxygen atoms in total. The van der Waals surface area contributed by atoms with Crippen LogP contribution in [0.1, 0.15) is 30.2 Å². The number of hydrogen-bond acceptors (Lipinski definition) is 8. The summed E-state index contributed by atoms with van der Waals surface area (Å²) in [6, 6.07) is 3.76. The van der Waals surface area contributed by atoms with Crippen LogP contribution in [0.4, 0.5) is 22.0 Å². The summed E-state index contributed by atoms with van der Waals surface area (Å²) in [5, 5.41) is 0.0151. The van der Waals surface area contributed by atoms with Crippen molar-refractivity contribution >= 4 is 38.7 Å². The molecule has 1 fully saturated rings. The van der Waals surface area contributed by atoms with E-state index in [9.17, 15) is 30.4 Å². The molecular weight excluding hydrogens is 515 g/mol. The summed E-state index contributed by atoms with van der Waals surface area (Å²) in [6.45, 7) is 0.0220. The lowest BCUT2D eigenvalue weighted by Crippen LogP contribution is -2.39. The van der Waals surface area contributed by atoms with E-state index in [0.29, 0.717) is 0 Å². The smallest absolute Gasteiger partial charge is 0.422 e. The van der Waals surface area contributed by atoms with E-state index >= 15 is 0 Å². The minimum Gasteiger partial charge on any atom is -0.467 e. The van der Waals surface area contributed by atoms with Crippen molar-refractivity contribution in [3.8, 4) is 5.88 Å². The molecule has 188 valence electrons. The number of alkyl halides is 3. The largest absolute Gasteiger partial charge is 0.467 e. The maximum atomic E-state index is 14.9. The highest BCUT2D eigenvalue weighted by Crippen LogP contribution is 2.68. The fourth-order valence-corrected chi connectivity index (χ4v) is 7.40. The van der Waals surface area contributed by atoms with Crippen LogP contribution in [-0.4, -0.2) is 46.7 Å². The Morgan fingerprint density at radius 1 is 1.31 bits per heavy atom. The van der Waals surface area contributed by atoms with Crippen molar-refractivity contribution in [2.45, 2.75) is 29.1 Å². The molecule has 2 aliphatic rings. The molecule has 14 heteroatoms. The van der Waals surface area contributed by atoms with Gasteiger partial charge in [0.2, 0.25) is 5.88 Å². The van der Waals surface area contributed by atoms with E-state index in [1.807, 2.05) is 0 Å². The number of amidine groups is 1. The van der Waals surface area contributed by atoms with E-state index in [4.69, 9.17) is 5.73 Å². The van der Waals surface area contributed by atoms with Gasteiger partial charge in [-0.3, -0.25) is 4.99 Å². The zero-order valence-electron chi connectivity index (χ0n) is 18.3. The first-order valence-corrected chi connectivity index (χ1v) is 12.8. The molecule has 0 saturated heterocycles. The van der Waals surface area contributed by atoms with Crippen molar-refractivity contribution < 1.29 is 35.1 Å². The van der Waals surface area contributed by atoms with Gasteiger partial charge in [-0.05, 0) is 37.1 Å². The zero-order chi connectivity index (χ0) is 25.8. The number of aliphatic imine (C=N–C) groups is 1. The Hall–Kier alpha value is -2.74. The van der Waals surface area contributed by atoms with Gasteiger partial charge in [-0.25, -0.2) is 27.2 Å². The number of nitrogens with zero attached hydrogens (tertiary/aromatic N) is 3. The highest BCUT2D eigenvalue weighted by Gasteiger charge is 2.72. The molecule has 3 atom stereocenters. The van der Waals surface area contributed by atoms with E-state index in [1.165, 1.54) is 12.1 Å². The van der Waals surface area contributed by atoms with Crippen LogP contribution in [0.25, 0.3) is 11.9 Å². The molecule has 4 rings (SSSR count). The predicted octanol–water partition coefficient (Wildman–Crippen LogP) is 4.06. The van der Waals surface area contributed by atoms with Gasteiger partial charge < -0.3 is 10.5 Å². The Balaban J connectivity index is 1.62. The molecule has 35 heavy (non-hydrogen) atoms. The first-order valence-electron chi connectivity index (χ1n) is 10.1. The van der Waals surface area contributed by atoms with E-state index < -0.39 is 55.7 Å². The summed E-state index contributed by atoms with van der Waals surface area (Å²) >= 11 is 0.948. The average molecular weight is 535 g/mol. The van der Waals surface area contributed by atoms with Crippen molar-refractivity contribution in [2.24, 2.45) is 16.6 Å². The lowest BCUT2D eigenvalue weighted by atomic mass is 9.86. The molecule has 2 N–H and O–H groups in total. The first-order chi connectivity index (χ1) is 16.1. The van der Waals surface area contributed by atoms with Gasteiger partial charge in [0.25, 0.3) is 0 Å². The number of rotatable bonds is 6. The average Bonchev–Trinajstić information content (AvgIpc) is 3.50. The second-order valence-corrected chi connectivity index (χ2v) is 12.3. The van der Waals surface area contributed by atoms with Gasteiger partial charge in [-0.15, -0.1) is 0 Å². The maximum absolute atomic E-state index is 14.9. The standard InChI is InChI=1S/C21H19F5N4O3S2/c1-19(16-7-20(16,35(2,31)32)34-18(27)30-19)12-5-11(3-4-13(12)22)6-14(23)15-8-29-17(9-28-15)33-10-21(24,25)26/h3-6,8-9,16H,7,10H2,1-2H3,(H2,27,30)/b14-6-/t16-,19+,20+/m0/s1. The topological polar surface area (TPSA) is 108 Å². The molecular formula is C21H19F5N4O3S2. The number of nitrogens with two attached hydrogens (primary N) is 1. The summed E-state index contributed by atoms with van der Waals surface area (Å²) in [6.07, 6.45) is -0.435. The Morgan fingerprint density at radius 2 is 2.03 bits per heavy atom. The van der Waals surface area contributed by atoms with Crippen LogP contribution < -0.4 is 10.5 Å². The second-order valence-electron chi connectivity index (χ2n) is 8.42. The Bertz CT molecular complexity index is 1330. The molecule has 0 amide bonds. The van der Waals surface area contributed by atoms with E-state index in [2.05, 4.69) is 19.7 Å². The van der Waals surface area contributed by atoms with Crippen LogP contribution in [0, 0.1) is 11.7 Å². The number of fused-ring (bicyclic) bond motifs is 1. The highest BCUT2D eigenvalue weighted by atomic mass is 32.3. The molecule has 1 aromatic carbocycles.